The molecule has 1 aromatic heterocycles. The smallest absolute Gasteiger partial charge is 0.271 e. The van der Waals surface area contributed by atoms with Crippen molar-refractivity contribution in [1.82, 2.24) is 15.1 Å². The number of nitrogens with zero attached hydrogens (tertiary/aromatic N) is 2. The quantitative estimate of drug-likeness (QED) is 0.686. The fraction of sp³-hybridized carbons (Fsp3) is 0.375. The van der Waals surface area contributed by atoms with E-state index in [2.05, 4.69) is 10.4 Å². The molecule has 1 aromatic carbocycles. The van der Waals surface area contributed by atoms with Gasteiger partial charge in [-0.2, -0.15) is 5.10 Å². The molecule has 0 saturated carbocycles. The van der Waals surface area contributed by atoms with Crippen LogP contribution in [0, 0.1) is 0 Å². The number of ether oxygens (including phenoxy) is 2. The number of halogens is 2. The number of carbonyl (C=O) groups excluding carboxylic acids is 1. The van der Waals surface area contributed by atoms with Crippen LogP contribution in [0.3, 0.4) is 0 Å². The highest BCUT2D eigenvalue weighted by Gasteiger charge is 2.10. The van der Waals surface area contributed by atoms with Crippen LogP contribution in [0.4, 0.5) is 0 Å². The van der Waals surface area contributed by atoms with Crippen molar-refractivity contribution in [2.45, 2.75) is 20.1 Å². The molecule has 8 heteroatoms. The van der Waals surface area contributed by atoms with Crippen molar-refractivity contribution in [1.29, 1.82) is 0 Å². The second-order valence-electron chi connectivity index (χ2n) is 4.87. The molecule has 1 amide bonds. The molecule has 2 aromatic rings. The van der Waals surface area contributed by atoms with Crippen LogP contribution < -0.4 is 10.1 Å². The fourth-order valence-electron chi connectivity index (χ4n) is 1.90. The molecule has 0 atom stereocenters. The van der Waals surface area contributed by atoms with E-state index in [0.29, 0.717) is 41.2 Å². The molecule has 6 nitrogen and oxygen atoms in total. The number of nitrogens with one attached hydrogen (secondary N) is 1. The van der Waals surface area contributed by atoms with Crippen LogP contribution in [-0.2, 0) is 11.5 Å². The molecule has 130 valence electrons. The minimum absolute atomic E-state index is 0.123. The van der Waals surface area contributed by atoms with Gasteiger partial charge < -0.3 is 14.8 Å². The molecule has 0 unspecified atom stereocenters. The van der Waals surface area contributed by atoms with Gasteiger partial charge in [-0.05, 0) is 31.5 Å². The first kappa shape index (κ1) is 18.6. The molecule has 0 aliphatic carbocycles. The van der Waals surface area contributed by atoms with Gasteiger partial charge in [0.2, 0.25) is 0 Å². The summed E-state index contributed by atoms with van der Waals surface area (Å²) < 4.78 is 12.3. The molecule has 0 spiro atoms. The maximum absolute atomic E-state index is 12.0. The van der Waals surface area contributed by atoms with Crippen LogP contribution in [-0.4, -0.2) is 35.4 Å². The largest absolute Gasteiger partial charge is 0.470 e. The van der Waals surface area contributed by atoms with Crippen molar-refractivity contribution in [3.05, 3.63) is 46.2 Å². The first-order chi connectivity index (χ1) is 11.6. The summed E-state index contributed by atoms with van der Waals surface area (Å²) in [6.45, 7) is 3.90. The van der Waals surface area contributed by atoms with Crippen molar-refractivity contribution in [3.63, 3.8) is 0 Å². The molecule has 0 saturated heterocycles. The molecule has 2 rings (SSSR count). The van der Waals surface area contributed by atoms with Gasteiger partial charge in [0.15, 0.2) is 6.73 Å². The summed E-state index contributed by atoms with van der Waals surface area (Å²) in [5.41, 5.74) is 0.326. The van der Waals surface area contributed by atoms with Gasteiger partial charge in [0, 0.05) is 26.0 Å². The number of carbonyl (C=O) groups is 1. The van der Waals surface area contributed by atoms with Crippen LogP contribution in [0.25, 0.3) is 0 Å². The lowest BCUT2D eigenvalue weighted by atomic mass is 10.3. The molecule has 0 bridgehead atoms. The first-order valence-electron chi connectivity index (χ1n) is 7.58. The Labute approximate surface area is 150 Å². The molecule has 1 N–H and O–H groups in total. The third-order valence-corrected chi connectivity index (χ3v) is 3.90. The third-order valence-electron chi connectivity index (χ3n) is 3.10. The highest BCUT2D eigenvalue weighted by atomic mass is 35.5. The summed E-state index contributed by atoms with van der Waals surface area (Å²) >= 11 is 12.0. The summed E-state index contributed by atoms with van der Waals surface area (Å²) in [7, 11) is 0. The first-order valence-corrected chi connectivity index (χ1v) is 8.33. The third kappa shape index (κ3) is 5.40. The molecular weight excluding hydrogens is 353 g/mol. The molecule has 0 aliphatic rings. The standard InChI is InChI=1S/C16H19Cl2N3O3/c1-2-23-10-4-8-19-16(22)13-7-9-21(20-13)11-24-14-6-3-5-12(17)15(14)18/h3,5-7,9H,2,4,8,10-11H2,1H3,(H,19,22). The second kappa shape index (κ2) is 9.52. The van der Waals surface area contributed by atoms with Gasteiger partial charge in [-0.1, -0.05) is 29.3 Å². The lowest BCUT2D eigenvalue weighted by Gasteiger charge is -2.08. The Hall–Kier alpha value is -1.76. The lowest BCUT2D eigenvalue weighted by Crippen LogP contribution is -2.26. The SMILES string of the molecule is CCOCCCNC(=O)c1ccn(COc2cccc(Cl)c2Cl)n1. The number of benzene rings is 1. The summed E-state index contributed by atoms with van der Waals surface area (Å²) in [6, 6.07) is 6.76. The van der Waals surface area contributed by atoms with E-state index >= 15 is 0 Å². The van der Waals surface area contributed by atoms with E-state index in [0.717, 1.165) is 6.42 Å². The molecule has 1 heterocycles. The zero-order valence-electron chi connectivity index (χ0n) is 13.3. The predicted octanol–water partition coefficient (Wildman–Crippen LogP) is 3.38. The van der Waals surface area contributed by atoms with Gasteiger partial charge in [-0.15, -0.1) is 0 Å². The Balaban J connectivity index is 1.82. The van der Waals surface area contributed by atoms with Crippen LogP contribution >= 0.6 is 23.2 Å². The number of rotatable bonds is 9. The number of amides is 1. The van der Waals surface area contributed by atoms with E-state index in [1.54, 1.807) is 30.5 Å². The summed E-state index contributed by atoms with van der Waals surface area (Å²) in [5, 5.41) is 7.72. The number of hydrogen-bond donors (Lipinski definition) is 1. The lowest BCUT2D eigenvalue weighted by molar-refractivity contribution is 0.0937. The minimum atomic E-state index is -0.231. The second-order valence-corrected chi connectivity index (χ2v) is 5.66. The van der Waals surface area contributed by atoms with Gasteiger partial charge >= 0.3 is 0 Å². The number of aromatic nitrogens is 2. The highest BCUT2D eigenvalue weighted by Crippen LogP contribution is 2.31. The molecule has 0 aliphatic heterocycles. The normalized spacial score (nSPS) is 10.6. The van der Waals surface area contributed by atoms with Gasteiger partial charge in [-0.3, -0.25) is 4.79 Å². The van der Waals surface area contributed by atoms with Crippen molar-refractivity contribution >= 4 is 29.1 Å². The Morgan fingerprint density at radius 3 is 2.96 bits per heavy atom. The van der Waals surface area contributed by atoms with Crippen LogP contribution in [0.15, 0.2) is 30.5 Å². The Morgan fingerprint density at radius 1 is 1.33 bits per heavy atom. The zero-order chi connectivity index (χ0) is 17.4. The van der Waals surface area contributed by atoms with Crippen molar-refractivity contribution in [3.8, 4) is 5.75 Å². The molecule has 0 fully saturated rings. The van der Waals surface area contributed by atoms with Gasteiger partial charge in [0.25, 0.3) is 5.91 Å². The Morgan fingerprint density at radius 2 is 2.17 bits per heavy atom. The topological polar surface area (TPSA) is 65.4 Å². The van der Waals surface area contributed by atoms with Crippen LogP contribution in [0.2, 0.25) is 10.0 Å². The van der Waals surface area contributed by atoms with Crippen LogP contribution in [0.5, 0.6) is 5.75 Å². The van der Waals surface area contributed by atoms with E-state index < -0.39 is 0 Å². The molecule has 0 radical (unpaired) electrons. The predicted molar refractivity (Wildman–Crippen MR) is 92.8 cm³/mol. The average Bonchev–Trinajstić information content (AvgIpc) is 3.05. The van der Waals surface area contributed by atoms with Crippen LogP contribution in [0.1, 0.15) is 23.8 Å². The van der Waals surface area contributed by atoms with Gasteiger partial charge in [-0.25, -0.2) is 4.68 Å². The van der Waals surface area contributed by atoms with E-state index in [4.69, 9.17) is 32.7 Å². The summed E-state index contributed by atoms with van der Waals surface area (Å²) in [5.74, 6) is 0.229. The highest BCUT2D eigenvalue weighted by molar-refractivity contribution is 6.42. The Bertz CT molecular complexity index is 676. The maximum Gasteiger partial charge on any atom is 0.271 e. The summed E-state index contributed by atoms with van der Waals surface area (Å²) in [4.78, 5) is 12.0. The monoisotopic (exact) mass is 371 g/mol. The van der Waals surface area contributed by atoms with Crippen molar-refractivity contribution in [2.75, 3.05) is 19.8 Å². The zero-order valence-corrected chi connectivity index (χ0v) is 14.8. The molecule has 24 heavy (non-hydrogen) atoms. The van der Waals surface area contributed by atoms with Gasteiger partial charge in [0.05, 0.1) is 5.02 Å². The van der Waals surface area contributed by atoms with Gasteiger partial charge in [0.1, 0.15) is 16.5 Å². The van der Waals surface area contributed by atoms with E-state index in [-0.39, 0.29) is 12.6 Å². The van der Waals surface area contributed by atoms with E-state index in [1.807, 2.05) is 6.92 Å². The van der Waals surface area contributed by atoms with Crippen molar-refractivity contribution in [2.24, 2.45) is 0 Å². The Kier molecular flexibility index (Phi) is 7.36. The number of hydrogen-bond acceptors (Lipinski definition) is 4. The maximum atomic E-state index is 12.0. The van der Waals surface area contributed by atoms with E-state index in [9.17, 15) is 4.79 Å². The minimum Gasteiger partial charge on any atom is -0.470 e. The van der Waals surface area contributed by atoms with Crippen molar-refractivity contribution < 1.29 is 14.3 Å². The average molecular weight is 372 g/mol. The fourth-order valence-corrected chi connectivity index (χ4v) is 2.24. The molecular formula is C16H19Cl2N3O3. The van der Waals surface area contributed by atoms with E-state index in [1.165, 1.54) is 4.68 Å². The summed E-state index contributed by atoms with van der Waals surface area (Å²) in [6.07, 6.45) is 2.42.